The average Bonchev–Trinajstić information content (AvgIpc) is 3.28. The molecule has 6 nitrogen and oxygen atoms in total. The first-order valence-corrected chi connectivity index (χ1v) is 11.9. The van der Waals surface area contributed by atoms with Gasteiger partial charge in [-0.25, -0.2) is 0 Å². The molecule has 0 radical (unpaired) electrons. The van der Waals surface area contributed by atoms with E-state index < -0.39 is 0 Å². The molecule has 5 rings (SSSR count). The maximum atomic E-state index is 13.4. The van der Waals surface area contributed by atoms with Gasteiger partial charge in [0.15, 0.2) is 0 Å². The van der Waals surface area contributed by atoms with E-state index in [4.69, 9.17) is 16.3 Å². The maximum absolute atomic E-state index is 13.4. The van der Waals surface area contributed by atoms with Gasteiger partial charge in [-0.2, -0.15) is 5.10 Å². The number of ether oxygens (including phenoxy) is 1. The largest absolute Gasteiger partial charge is 0.487 e. The molecule has 2 saturated heterocycles. The Morgan fingerprint density at radius 2 is 1.94 bits per heavy atom. The molecule has 7 heteroatoms. The van der Waals surface area contributed by atoms with Gasteiger partial charge in [-0.15, -0.1) is 0 Å². The molecule has 2 aromatic carbocycles. The summed E-state index contributed by atoms with van der Waals surface area (Å²) in [4.78, 5) is 17.9. The predicted octanol–water partition coefficient (Wildman–Crippen LogP) is 4.36. The Labute approximate surface area is 199 Å². The van der Waals surface area contributed by atoms with Crippen molar-refractivity contribution in [2.75, 3.05) is 26.2 Å². The van der Waals surface area contributed by atoms with Crippen LogP contribution in [0.15, 0.2) is 60.9 Å². The van der Waals surface area contributed by atoms with Gasteiger partial charge in [0.1, 0.15) is 12.4 Å². The van der Waals surface area contributed by atoms with Crippen molar-refractivity contribution in [3.05, 3.63) is 82.6 Å². The highest BCUT2D eigenvalue weighted by Gasteiger charge is 2.35. The van der Waals surface area contributed by atoms with Crippen LogP contribution in [0.25, 0.3) is 0 Å². The number of carbonyl (C=O) groups is 1. The summed E-state index contributed by atoms with van der Waals surface area (Å²) in [6, 6.07) is 16.6. The molecule has 172 valence electrons. The fourth-order valence-corrected chi connectivity index (χ4v) is 5.28. The molecule has 0 aliphatic carbocycles. The summed E-state index contributed by atoms with van der Waals surface area (Å²) in [6.07, 6.45) is 5.92. The molecule has 2 aliphatic heterocycles. The van der Waals surface area contributed by atoms with Gasteiger partial charge in [0.25, 0.3) is 5.91 Å². The summed E-state index contributed by atoms with van der Waals surface area (Å²) in [5.74, 6) is 1.08. The van der Waals surface area contributed by atoms with E-state index in [1.165, 1.54) is 5.56 Å². The van der Waals surface area contributed by atoms with Crippen molar-refractivity contribution < 1.29 is 9.53 Å². The molecule has 0 bridgehead atoms. The van der Waals surface area contributed by atoms with E-state index in [1.807, 2.05) is 24.2 Å². The molecule has 0 unspecified atom stereocenters. The minimum atomic E-state index is -0.0170. The van der Waals surface area contributed by atoms with E-state index in [1.54, 1.807) is 23.0 Å². The monoisotopic (exact) mass is 464 g/mol. The maximum Gasteiger partial charge on any atom is 0.255 e. The number of aryl methyl sites for hydroxylation is 1. The number of benzene rings is 2. The number of fused-ring (bicyclic) bond motifs is 1. The lowest BCUT2D eigenvalue weighted by atomic mass is 9.86. The lowest BCUT2D eigenvalue weighted by Gasteiger charge is -2.46. The van der Waals surface area contributed by atoms with Crippen LogP contribution < -0.4 is 4.74 Å². The molecule has 1 amide bonds. The second-order valence-electron chi connectivity index (χ2n) is 9.01. The number of carbonyl (C=O) groups excluding carboxylic acids is 1. The molecule has 2 atom stereocenters. The number of nitrogens with zero attached hydrogens (tertiary/aromatic N) is 4. The molecule has 2 aliphatic rings. The van der Waals surface area contributed by atoms with E-state index in [0.29, 0.717) is 41.4 Å². The van der Waals surface area contributed by atoms with Crippen LogP contribution in [0, 0.1) is 0 Å². The standard InChI is InChI=1S/C26H29ClN4O2/c1-29-15-19(14-28-29)18-33-24-9-5-8-23(25(24)27)26(32)31-13-12-30-16-21(10-11-22(30)17-31)20-6-3-2-4-7-20/h2-9,14-15,21-22H,10-13,16-18H2,1H3/t21-,22+/m0/s1. The van der Waals surface area contributed by atoms with Crippen molar-refractivity contribution in [2.45, 2.75) is 31.4 Å². The van der Waals surface area contributed by atoms with Gasteiger partial charge in [-0.05, 0) is 36.5 Å². The third kappa shape index (κ3) is 4.77. The van der Waals surface area contributed by atoms with Gasteiger partial charge in [0.05, 0.1) is 16.8 Å². The van der Waals surface area contributed by atoms with Crippen LogP contribution in [0.2, 0.25) is 5.02 Å². The zero-order valence-electron chi connectivity index (χ0n) is 18.9. The highest BCUT2D eigenvalue weighted by atomic mass is 35.5. The number of halogens is 1. The number of aromatic nitrogens is 2. The van der Waals surface area contributed by atoms with Gasteiger partial charge in [-0.3, -0.25) is 14.4 Å². The average molecular weight is 465 g/mol. The number of piperidine rings is 1. The van der Waals surface area contributed by atoms with Gasteiger partial charge < -0.3 is 9.64 Å². The van der Waals surface area contributed by atoms with E-state index in [2.05, 4.69) is 40.3 Å². The van der Waals surface area contributed by atoms with Gasteiger partial charge in [0, 0.05) is 51.0 Å². The molecule has 33 heavy (non-hydrogen) atoms. The smallest absolute Gasteiger partial charge is 0.255 e. The fourth-order valence-electron chi connectivity index (χ4n) is 5.02. The van der Waals surface area contributed by atoms with Crippen molar-refractivity contribution in [2.24, 2.45) is 7.05 Å². The minimum absolute atomic E-state index is 0.0170. The number of amides is 1. The normalized spacial score (nSPS) is 21.0. The summed E-state index contributed by atoms with van der Waals surface area (Å²) in [5, 5.41) is 4.53. The highest BCUT2D eigenvalue weighted by Crippen LogP contribution is 2.33. The molecule has 0 saturated carbocycles. The first kappa shape index (κ1) is 22.0. The number of hydrogen-bond donors (Lipinski definition) is 0. The number of hydrogen-bond acceptors (Lipinski definition) is 4. The highest BCUT2D eigenvalue weighted by molar-refractivity contribution is 6.35. The SMILES string of the molecule is Cn1cc(COc2cccc(C(=O)N3CCN4C[C@@H](c5ccccc5)CC[C@@H]4C3)c2Cl)cn1. The van der Waals surface area contributed by atoms with Crippen molar-refractivity contribution in [3.8, 4) is 5.75 Å². The van der Waals surface area contributed by atoms with Crippen molar-refractivity contribution in [1.82, 2.24) is 19.6 Å². The Balaban J connectivity index is 1.23. The van der Waals surface area contributed by atoms with Gasteiger partial charge >= 0.3 is 0 Å². The number of piperazine rings is 1. The molecular weight excluding hydrogens is 436 g/mol. The second kappa shape index (κ2) is 9.57. The Morgan fingerprint density at radius 1 is 1.09 bits per heavy atom. The van der Waals surface area contributed by atoms with E-state index in [-0.39, 0.29) is 5.91 Å². The molecule has 0 spiro atoms. The molecular formula is C26H29ClN4O2. The molecule has 3 heterocycles. The molecule has 0 N–H and O–H groups in total. The van der Waals surface area contributed by atoms with Crippen LogP contribution in [0.4, 0.5) is 0 Å². The summed E-state index contributed by atoms with van der Waals surface area (Å²) < 4.78 is 7.62. The topological polar surface area (TPSA) is 50.6 Å². The first-order chi connectivity index (χ1) is 16.1. The lowest BCUT2D eigenvalue weighted by Crippen LogP contribution is -2.57. The second-order valence-corrected chi connectivity index (χ2v) is 9.39. The predicted molar refractivity (Wildman–Crippen MR) is 129 cm³/mol. The zero-order chi connectivity index (χ0) is 22.8. The van der Waals surface area contributed by atoms with Crippen molar-refractivity contribution >= 4 is 17.5 Å². The third-order valence-electron chi connectivity index (χ3n) is 6.81. The Kier molecular flexibility index (Phi) is 6.38. The van der Waals surface area contributed by atoms with Crippen LogP contribution in [0.1, 0.15) is 40.2 Å². The molecule has 2 fully saturated rings. The first-order valence-electron chi connectivity index (χ1n) is 11.6. The minimum Gasteiger partial charge on any atom is -0.487 e. The summed E-state index contributed by atoms with van der Waals surface area (Å²) in [6.45, 7) is 3.78. The van der Waals surface area contributed by atoms with E-state index in [0.717, 1.165) is 38.0 Å². The summed E-state index contributed by atoms with van der Waals surface area (Å²) >= 11 is 6.61. The summed E-state index contributed by atoms with van der Waals surface area (Å²) in [7, 11) is 1.86. The quantitative estimate of drug-likeness (QED) is 0.563. The Bertz CT molecular complexity index is 1120. The zero-order valence-corrected chi connectivity index (χ0v) is 19.6. The van der Waals surface area contributed by atoms with E-state index in [9.17, 15) is 4.79 Å². The van der Waals surface area contributed by atoms with Crippen LogP contribution >= 0.6 is 11.6 Å². The van der Waals surface area contributed by atoms with Crippen LogP contribution in [0.3, 0.4) is 0 Å². The molecule has 1 aromatic heterocycles. The van der Waals surface area contributed by atoms with Gasteiger partial charge in [-0.1, -0.05) is 48.0 Å². The summed E-state index contributed by atoms with van der Waals surface area (Å²) in [5.41, 5.74) is 2.88. The lowest BCUT2D eigenvalue weighted by molar-refractivity contribution is 0.0329. The Morgan fingerprint density at radius 3 is 2.73 bits per heavy atom. The third-order valence-corrected chi connectivity index (χ3v) is 7.20. The van der Waals surface area contributed by atoms with Gasteiger partial charge in [0.2, 0.25) is 0 Å². The van der Waals surface area contributed by atoms with Crippen LogP contribution in [-0.2, 0) is 13.7 Å². The number of rotatable bonds is 5. The Hall–Kier alpha value is -2.83. The van der Waals surface area contributed by atoms with Crippen LogP contribution in [-0.4, -0.2) is 57.7 Å². The van der Waals surface area contributed by atoms with Crippen molar-refractivity contribution in [1.29, 1.82) is 0 Å². The van der Waals surface area contributed by atoms with E-state index >= 15 is 0 Å². The van der Waals surface area contributed by atoms with Crippen molar-refractivity contribution in [3.63, 3.8) is 0 Å². The fraction of sp³-hybridized carbons (Fsp3) is 0.385. The molecule has 3 aromatic rings. The van der Waals surface area contributed by atoms with Crippen LogP contribution in [0.5, 0.6) is 5.75 Å².